The highest BCUT2D eigenvalue weighted by atomic mass is 16.3. The van der Waals surface area contributed by atoms with Crippen molar-refractivity contribution in [2.45, 2.75) is 66.0 Å². The lowest BCUT2D eigenvalue weighted by molar-refractivity contribution is 0.477. The molecular formula is C52H49N3O. The minimum Gasteiger partial charge on any atom is -0.507 e. The van der Waals surface area contributed by atoms with Crippen LogP contribution in [0, 0.1) is 13.8 Å². The molecule has 0 aliphatic rings. The Balaban J connectivity index is 1.40. The lowest BCUT2D eigenvalue weighted by Gasteiger charge is -2.22. The van der Waals surface area contributed by atoms with Crippen molar-refractivity contribution in [3.05, 3.63) is 168 Å². The van der Waals surface area contributed by atoms with Crippen LogP contribution in [0.5, 0.6) is 5.75 Å². The maximum Gasteiger partial charge on any atom is 0.149 e. The van der Waals surface area contributed by atoms with E-state index in [1.165, 1.54) is 0 Å². The summed E-state index contributed by atoms with van der Waals surface area (Å²) in [5, 5.41) is 11.3. The van der Waals surface area contributed by atoms with Crippen LogP contribution in [0.3, 0.4) is 0 Å². The SMILES string of the molecule is [2H]c1nc(-c2cc(-c3cccc4c3nc(-c3ccccc3O)n4-c3cc(C)c(C)c(-c4ccccc4)c3)cc(C(C)(C)C)c2)c([2H])c(-c2c([2H])c([2H])c(C(C([2H])([2H])[2H])(C([2H])([2H])[2H])C([2H])([2H])[2H])c([2H])c2[2H])c1[2H]. The van der Waals surface area contributed by atoms with Gasteiger partial charge in [-0.15, -0.1) is 0 Å². The number of fused-ring (bicyclic) bond motifs is 1. The second-order valence-corrected chi connectivity index (χ2v) is 15.0. The highest BCUT2D eigenvalue weighted by molar-refractivity contribution is 5.97. The molecule has 2 aromatic heterocycles. The zero-order chi connectivity index (χ0) is 52.9. The van der Waals surface area contributed by atoms with E-state index in [1.807, 2.05) is 92.9 Å². The number of hydrogen-bond donors (Lipinski definition) is 1. The summed E-state index contributed by atoms with van der Waals surface area (Å²) in [6.45, 7) is -1.72. The molecule has 56 heavy (non-hydrogen) atoms. The predicted molar refractivity (Wildman–Crippen MR) is 235 cm³/mol. The van der Waals surface area contributed by atoms with Crippen LogP contribution < -0.4 is 0 Å². The molecule has 0 fully saturated rings. The molecule has 2 heterocycles. The molecule has 0 amide bonds. The summed E-state index contributed by atoms with van der Waals surface area (Å²) < 4.78 is 139. The molecule has 8 aromatic rings. The Labute approximate surface area is 353 Å². The Bertz CT molecular complexity index is 3410. The Morgan fingerprint density at radius 3 is 2.07 bits per heavy atom. The second kappa shape index (κ2) is 14.1. The van der Waals surface area contributed by atoms with Gasteiger partial charge in [-0.25, -0.2) is 4.98 Å². The van der Waals surface area contributed by atoms with Gasteiger partial charge in [0.2, 0.25) is 0 Å². The van der Waals surface area contributed by atoms with Crippen molar-refractivity contribution in [1.29, 1.82) is 0 Å². The number of benzene rings is 6. The minimum absolute atomic E-state index is 0.0103. The van der Waals surface area contributed by atoms with Crippen molar-refractivity contribution in [2.24, 2.45) is 0 Å². The molecule has 0 spiro atoms. The van der Waals surface area contributed by atoms with E-state index in [2.05, 4.69) is 24.0 Å². The van der Waals surface area contributed by atoms with Gasteiger partial charge in [0.1, 0.15) is 11.6 Å². The average Bonchev–Trinajstić information content (AvgIpc) is 3.68. The number of phenolic OH excluding ortho intramolecular Hbond substituents is 1. The molecule has 0 saturated carbocycles. The molecule has 278 valence electrons. The zero-order valence-corrected chi connectivity index (χ0v) is 31.6. The minimum atomic E-state index is -3.91. The van der Waals surface area contributed by atoms with Gasteiger partial charge in [0.25, 0.3) is 0 Å². The molecule has 0 atom stereocenters. The molecular weight excluding hydrogens is 683 g/mol. The summed E-state index contributed by atoms with van der Waals surface area (Å²) in [7, 11) is 0. The number of aromatic hydroxyl groups is 1. The lowest BCUT2D eigenvalue weighted by Crippen LogP contribution is -2.11. The van der Waals surface area contributed by atoms with E-state index in [-0.39, 0.29) is 17.0 Å². The van der Waals surface area contributed by atoms with Crippen molar-refractivity contribution in [1.82, 2.24) is 14.5 Å². The van der Waals surface area contributed by atoms with Crippen molar-refractivity contribution < 1.29 is 27.0 Å². The first-order chi connectivity index (χ1) is 33.4. The highest BCUT2D eigenvalue weighted by Crippen LogP contribution is 2.41. The topological polar surface area (TPSA) is 50.9 Å². The van der Waals surface area contributed by atoms with E-state index in [4.69, 9.17) is 25.5 Å². The number of aryl methyl sites for hydroxylation is 1. The third kappa shape index (κ3) is 6.92. The molecule has 4 nitrogen and oxygen atoms in total. The largest absolute Gasteiger partial charge is 0.507 e. The van der Waals surface area contributed by atoms with Crippen LogP contribution in [0.25, 0.3) is 72.7 Å². The summed E-state index contributed by atoms with van der Waals surface area (Å²) in [5.74, 6) is 0.464. The smallest absolute Gasteiger partial charge is 0.149 e. The highest BCUT2D eigenvalue weighted by Gasteiger charge is 2.23. The number of imidazole rings is 1. The van der Waals surface area contributed by atoms with E-state index in [9.17, 15) is 6.48 Å². The van der Waals surface area contributed by atoms with Gasteiger partial charge in [-0.2, -0.15) is 0 Å². The number of aromatic nitrogens is 3. The van der Waals surface area contributed by atoms with Crippen LogP contribution in [0.2, 0.25) is 0 Å². The molecule has 0 aliphatic heterocycles. The Hall–Kier alpha value is -6.26. The van der Waals surface area contributed by atoms with Crippen molar-refractivity contribution in [3.63, 3.8) is 0 Å². The summed E-state index contributed by atoms with van der Waals surface area (Å²) >= 11 is 0. The Morgan fingerprint density at radius 1 is 0.625 bits per heavy atom. The number of rotatable bonds is 6. The fourth-order valence-electron chi connectivity index (χ4n) is 6.88. The molecule has 0 radical (unpaired) electrons. The van der Waals surface area contributed by atoms with Crippen LogP contribution in [0.15, 0.2) is 146 Å². The second-order valence-electron chi connectivity index (χ2n) is 15.0. The molecule has 8 rings (SSSR count). The average molecular weight is 748 g/mol. The van der Waals surface area contributed by atoms with E-state index in [1.54, 1.807) is 30.3 Å². The number of nitrogens with zero attached hydrogens (tertiary/aromatic N) is 3. The zero-order valence-electron chi connectivity index (χ0n) is 47.6. The van der Waals surface area contributed by atoms with Gasteiger partial charge in [-0.05, 0) is 129 Å². The van der Waals surface area contributed by atoms with Gasteiger partial charge in [-0.3, -0.25) is 9.55 Å². The summed E-state index contributed by atoms with van der Waals surface area (Å²) in [5.41, 5.74) is 1.48. The molecule has 4 heteroatoms. The van der Waals surface area contributed by atoms with Crippen molar-refractivity contribution in [2.75, 3.05) is 0 Å². The standard InChI is InChI=1S/C52H49N3O/c1-33-27-42(32-45(34(33)2)36-15-10-9-11-16-36)55-47-19-14-18-43(49(47)54-50(55)44-17-12-13-20-48(44)56)38-28-39(30-41(29-38)52(6,7)8)46-31-37(25-26-53-46)35-21-23-40(24-22-35)51(3,4)5/h9-32,56H,1-8H3/i3D3,4D3,5D3,21D,22D,23D,24D,25D,26D,31D. The molecule has 0 saturated heterocycles. The number of para-hydroxylation sites is 2. The fourth-order valence-corrected chi connectivity index (χ4v) is 6.88. The normalized spacial score (nSPS) is 16.8. The monoisotopic (exact) mass is 747 g/mol. The molecule has 6 aromatic carbocycles. The van der Waals surface area contributed by atoms with E-state index < -0.39 is 90.5 Å². The first kappa shape index (κ1) is 22.3. The summed E-state index contributed by atoms with van der Waals surface area (Å²) in [6.07, 6.45) is -0.724. The predicted octanol–water partition coefficient (Wildman–Crippen LogP) is 13.7. The molecule has 1 N–H and O–H groups in total. The van der Waals surface area contributed by atoms with Gasteiger partial charge in [0, 0.05) is 35.3 Å². The fraction of sp³-hybridized carbons (Fsp3) is 0.192. The maximum atomic E-state index is 11.3. The molecule has 0 bridgehead atoms. The lowest BCUT2D eigenvalue weighted by atomic mass is 9.83. The quantitative estimate of drug-likeness (QED) is 0.184. The van der Waals surface area contributed by atoms with Crippen LogP contribution in [-0.2, 0) is 10.8 Å². The molecule has 0 unspecified atom stereocenters. The van der Waals surface area contributed by atoms with Gasteiger partial charge < -0.3 is 5.11 Å². The maximum absolute atomic E-state index is 11.3. The van der Waals surface area contributed by atoms with E-state index >= 15 is 0 Å². The van der Waals surface area contributed by atoms with Gasteiger partial charge in [0.05, 0.1) is 31.9 Å². The first-order valence-corrected chi connectivity index (χ1v) is 18.2. The van der Waals surface area contributed by atoms with Crippen LogP contribution >= 0.6 is 0 Å². The van der Waals surface area contributed by atoms with Gasteiger partial charge in [-0.1, -0.05) is 126 Å². The van der Waals surface area contributed by atoms with Gasteiger partial charge in [0.15, 0.2) is 0 Å². The van der Waals surface area contributed by atoms with Crippen LogP contribution in [0.1, 0.15) is 85.5 Å². The number of hydrogen-bond acceptors (Lipinski definition) is 3. The number of phenols is 1. The third-order valence-corrected chi connectivity index (χ3v) is 10.1. The van der Waals surface area contributed by atoms with E-state index in [0.717, 1.165) is 33.5 Å². The van der Waals surface area contributed by atoms with Gasteiger partial charge >= 0.3 is 0 Å². The van der Waals surface area contributed by atoms with Crippen molar-refractivity contribution in [3.8, 4) is 67.5 Å². The van der Waals surface area contributed by atoms with Crippen molar-refractivity contribution >= 4 is 11.0 Å². The summed E-state index contributed by atoms with van der Waals surface area (Å²) in [6, 6.07) is 26.0. The van der Waals surface area contributed by atoms with Crippen LogP contribution in [-0.4, -0.2) is 19.6 Å². The number of pyridine rings is 1. The Morgan fingerprint density at radius 2 is 1.34 bits per heavy atom. The van der Waals surface area contributed by atoms with Crippen LogP contribution in [0.4, 0.5) is 0 Å². The first-order valence-electron chi connectivity index (χ1n) is 26.2. The Kier molecular flexibility index (Phi) is 5.63. The van der Waals surface area contributed by atoms with E-state index in [0.29, 0.717) is 33.5 Å². The summed E-state index contributed by atoms with van der Waals surface area (Å²) in [4.78, 5) is 9.63. The molecule has 0 aliphatic carbocycles. The third-order valence-electron chi connectivity index (χ3n) is 10.1.